The van der Waals surface area contributed by atoms with Crippen molar-refractivity contribution < 1.29 is 19.4 Å². The summed E-state index contributed by atoms with van der Waals surface area (Å²) >= 11 is 0. The molecule has 0 aliphatic heterocycles. The van der Waals surface area contributed by atoms with Crippen molar-refractivity contribution in [3.8, 4) is 6.26 Å². The summed E-state index contributed by atoms with van der Waals surface area (Å²) in [6.07, 6.45) is 2.19. The maximum absolute atomic E-state index is 10.6. The number of hydrogen-bond donors (Lipinski definition) is 1. The molecule has 5 nitrogen and oxygen atoms in total. The van der Waals surface area contributed by atoms with E-state index in [1.165, 1.54) is 6.26 Å². The lowest BCUT2D eigenvalue weighted by Gasteiger charge is -2.00. The lowest BCUT2D eigenvalue weighted by Crippen LogP contribution is -2.09. The second kappa shape index (κ2) is 12.3. The summed E-state index contributed by atoms with van der Waals surface area (Å²) in [6.45, 7) is 10.8. The van der Waals surface area contributed by atoms with Gasteiger partial charge in [0.15, 0.2) is 0 Å². The van der Waals surface area contributed by atoms with Crippen molar-refractivity contribution in [1.82, 2.24) is 0 Å². The molecule has 0 aromatic heterocycles. The van der Waals surface area contributed by atoms with E-state index < -0.39 is 5.97 Å². The fourth-order valence-electron chi connectivity index (χ4n) is 0.536. The van der Waals surface area contributed by atoms with E-state index in [2.05, 4.69) is 22.6 Å². The molecule has 5 heteroatoms. The molecule has 0 bridgehead atoms. The summed E-state index contributed by atoms with van der Waals surface area (Å²) < 4.78 is 8.85. The Hall–Kier alpha value is -1.80. The zero-order chi connectivity index (χ0) is 13.7. The van der Waals surface area contributed by atoms with Gasteiger partial charge in [-0.05, 0) is 20.3 Å². The first kappa shape index (κ1) is 17.6. The van der Waals surface area contributed by atoms with E-state index in [-0.39, 0.29) is 19.8 Å². The molecule has 0 aromatic rings. The summed E-state index contributed by atoms with van der Waals surface area (Å²) in [4.78, 5) is 10.6. The van der Waals surface area contributed by atoms with E-state index in [9.17, 15) is 4.79 Å². The zero-order valence-corrected chi connectivity index (χ0v) is 10.4. The molecule has 0 amide bonds. The van der Waals surface area contributed by atoms with Gasteiger partial charge in [-0.25, -0.2) is 4.79 Å². The van der Waals surface area contributed by atoms with Crippen molar-refractivity contribution in [2.45, 2.75) is 20.3 Å². The molecule has 0 aliphatic rings. The number of ether oxygens (including phenoxy) is 2. The Morgan fingerprint density at radius 3 is 2.24 bits per heavy atom. The van der Waals surface area contributed by atoms with Crippen molar-refractivity contribution in [1.29, 1.82) is 5.26 Å². The van der Waals surface area contributed by atoms with Crippen molar-refractivity contribution in [2.24, 2.45) is 0 Å². The standard InChI is InChI=1S/C7H9NO3.C5H10O/c1-6(2)7(9)11-4-3-10-5-8;1-5(2)3-4-6/h1,3-4H2,2H3;6H,1,3-4H2,2H3. The third kappa shape index (κ3) is 16.8. The van der Waals surface area contributed by atoms with Crippen LogP contribution in [0.2, 0.25) is 0 Å². The minimum Gasteiger partial charge on any atom is -0.459 e. The minimum absolute atomic E-state index is 0.0826. The van der Waals surface area contributed by atoms with E-state index in [1.807, 2.05) is 6.92 Å². The molecule has 0 aliphatic carbocycles. The maximum Gasteiger partial charge on any atom is 0.333 e. The van der Waals surface area contributed by atoms with Crippen LogP contribution in [-0.2, 0) is 14.3 Å². The number of rotatable bonds is 6. The molecule has 0 unspecified atom stereocenters. The van der Waals surface area contributed by atoms with E-state index in [0.29, 0.717) is 5.57 Å². The van der Waals surface area contributed by atoms with Crippen LogP contribution in [0.5, 0.6) is 0 Å². The molecule has 0 rings (SSSR count). The van der Waals surface area contributed by atoms with Gasteiger partial charge in [-0.1, -0.05) is 12.2 Å². The van der Waals surface area contributed by atoms with Crippen LogP contribution in [0.15, 0.2) is 24.3 Å². The number of aliphatic hydroxyl groups is 1. The number of esters is 1. The van der Waals surface area contributed by atoms with Gasteiger partial charge in [-0.3, -0.25) is 0 Å². The number of nitrogens with zero attached hydrogens (tertiary/aromatic N) is 1. The normalized spacial score (nSPS) is 8.12. The van der Waals surface area contributed by atoms with Crippen LogP contribution < -0.4 is 0 Å². The summed E-state index contributed by atoms with van der Waals surface area (Å²) in [5, 5.41) is 16.1. The zero-order valence-electron chi connectivity index (χ0n) is 10.4. The Balaban J connectivity index is 0. The molecule has 0 saturated heterocycles. The maximum atomic E-state index is 10.6. The molecule has 0 saturated carbocycles. The molecule has 0 aromatic carbocycles. The molecule has 96 valence electrons. The van der Waals surface area contributed by atoms with Gasteiger partial charge in [-0.15, -0.1) is 6.58 Å². The molecule has 0 atom stereocenters. The smallest absolute Gasteiger partial charge is 0.333 e. The van der Waals surface area contributed by atoms with Gasteiger partial charge >= 0.3 is 5.97 Å². The van der Waals surface area contributed by atoms with Gasteiger partial charge < -0.3 is 14.6 Å². The first-order valence-corrected chi connectivity index (χ1v) is 5.04. The predicted molar refractivity (Wildman–Crippen MR) is 63.9 cm³/mol. The Morgan fingerprint density at radius 2 is 1.94 bits per heavy atom. The average molecular weight is 241 g/mol. The van der Waals surface area contributed by atoms with Crippen LogP contribution in [0.4, 0.5) is 0 Å². The Labute approximate surface area is 102 Å². The summed E-state index contributed by atoms with van der Waals surface area (Å²) in [7, 11) is 0. The number of nitriles is 1. The molecule has 1 N–H and O–H groups in total. The Morgan fingerprint density at radius 1 is 1.35 bits per heavy atom. The van der Waals surface area contributed by atoms with Gasteiger partial charge in [0.25, 0.3) is 6.26 Å². The number of hydrogen-bond acceptors (Lipinski definition) is 5. The second-order valence-electron chi connectivity index (χ2n) is 3.29. The van der Waals surface area contributed by atoms with Crippen molar-refractivity contribution in [2.75, 3.05) is 19.8 Å². The monoisotopic (exact) mass is 241 g/mol. The molecule has 0 fully saturated rings. The highest BCUT2D eigenvalue weighted by atomic mass is 16.6. The predicted octanol–water partition coefficient (Wildman–Crippen LogP) is 1.55. The molecule has 0 heterocycles. The second-order valence-corrected chi connectivity index (χ2v) is 3.29. The van der Waals surface area contributed by atoms with Crippen molar-refractivity contribution in [3.05, 3.63) is 24.3 Å². The number of aliphatic hydroxyl groups excluding tert-OH is 1. The average Bonchev–Trinajstić information content (AvgIpc) is 2.24. The highest BCUT2D eigenvalue weighted by Gasteiger charge is 2.01. The highest BCUT2D eigenvalue weighted by molar-refractivity contribution is 5.86. The van der Waals surface area contributed by atoms with E-state index >= 15 is 0 Å². The van der Waals surface area contributed by atoms with Crippen LogP contribution in [0.3, 0.4) is 0 Å². The van der Waals surface area contributed by atoms with Gasteiger partial charge in [0, 0.05) is 12.2 Å². The molecular weight excluding hydrogens is 222 g/mol. The first-order valence-electron chi connectivity index (χ1n) is 5.04. The van der Waals surface area contributed by atoms with Gasteiger partial charge in [0.1, 0.15) is 13.2 Å². The third-order valence-corrected chi connectivity index (χ3v) is 1.37. The van der Waals surface area contributed by atoms with Crippen LogP contribution in [0.1, 0.15) is 20.3 Å². The SMILES string of the molecule is C=C(C)C(=O)OCCOC#N.C=C(C)CCO. The minimum atomic E-state index is -0.466. The fourth-order valence-corrected chi connectivity index (χ4v) is 0.536. The molecule has 17 heavy (non-hydrogen) atoms. The van der Waals surface area contributed by atoms with Crippen LogP contribution in [0.25, 0.3) is 0 Å². The fraction of sp³-hybridized carbons (Fsp3) is 0.500. The van der Waals surface area contributed by atoms with Crippen LogP contribution in [-0.4, -0.2) is 30.9 Å². The Kier molecular flexibility index (Phi) is 12.7. The highest BCUT2D eigenvalue weighted by Crippen LogP contribution is 1.91. The van der Waals surface area contributed by atoms with Crippen molar-refractivity contribution >= 4 is 5.97 Å². The van der Waals surface area contributed by atoms with Gasteiger partial charge in [0.2, 0.25) is 0 Å². The summed E-state index contributed by atoms with van der Waals surface area (Å²) in [6, 6.07) is 0. The summed E-state index contributed by atoms with van der Waals surface area (Å²) in [5.74, 6) is -0.466. The molecule has 0 radical (unpaired) electrons. The van der Waals surface area contributed by atoms with Gasteiger partial charge in [0.05, 0.1) is 0 Å². The quantitative estimate of drug-likeness (QED) is 0.251. The van der Waals surface area contributed by atoms with E-state index in [1.54, 1.807) is 6.92 Å². The summed E-state index contributed by atoms with van der Waals surface area (Å²) in [5.41, 5.74) is 1.37. The van der Waals surface area contributed by atoms with Gasteiger partial charge in [-0.2, -0.15) is 5.26 Å². The number of carbonyl (C=O) groups excluding carboxylic acids is 1. The van der Waals surface area contributed by atoms with Crippen LogP contribution in [0, 0.1) is 11.5 Å². The largest absolute Gasteiger partial charge is 0.459 e. The lowest BCUT2D eigenvalue weighted by atomic mass is 10.3. The number of carbonyl (C=O) groups is 1. The molecular formula is C12H19NO4. The topological polar surface area (TPSA) is 79.5 Å². The first-order chi connectivity index (χ1) is 7.95. The van der Waals surface area contributed by atoms with Crippen molar-refractivity contribution in [3.63, 3.8) is 0 Å². The van der Waals surface area contributed by atoms with E-state index in [4.69, 9.17) is 10.4 Å². The lowest BCUT2D eigenvalue weighted by molar-refractivity contribution is -0.139. The Bertz CT molecular complexity index is 291. The molecule has 0 spiro atoms. The van der Waals surface area contributed by atoms with E-state index in [0.717, 1.165) is 12.0 Å². The van der Waals surface area contributed by atoms with Crippen LogP contribution >= 0.6 is 0 Å². The third-order valence-electron chi connectivity index (χ3n) is 1.37.